The number of likely N-dealkylation sites (tertiary alicyclic amines) is 1. The van der Waals surface area contributed by atoms with E-state index in [-0.39, 0.29) is 16.6 Å². The first kappa shape index (κ1) is 17.7. The Morgan fingerprint density at radius 2 is 1.85 bits per heavy atom. The van der Waals surface area contributed by atoms with E-state index in [9.17, 15) is 18.5 Å². The van der Waals surface area contributed by atoms with Crippen LogP contribution in [0.1, 0.15) is 6.42 Å². The third kappa shape index (κ3) is 3.24. The molecule has 2 aliphatic rings. The van der Waals surface area contributed by atoms with Crippen molar-refractivity contribution in [1.82, 2.24) is 4.90 Å². The van der Waals surface area contributed by atoms with Crippen molar-refractivity contribution in [2.45, 2.75) is 23.4 Å². The van der Waals surface area contributed by atoms with Crippen molar-refractivity contribution < 1.29 is 13.3 Å². The Labute approximate surface area is 157 Å². The van der Waals surface area contributed by atoms with Crippen molar-refractivity contribution in [3.63, 3.8) is 0 Å². The molecule has 9 heteroatoms. The van der Waals surface area contributed by atoms with E-state index in [0.717, 1.165) is 25.6 Å². The van der Waals surface area contributed by atoms with E-state index < -0.39 is 14.9 Å². The molecule has 1 N–H and O–H groups in total. The molecular formula is C18H20N4O4S. The Kier molecular flexibility index (Phi) is 4.27. The predicted octanol–water partition coefficient (Wildman–Crippen LogP) is 2.29. The van der Waals surface area contributed by atoms with E-state index in [4.69, 9.17) is 0 Å². The minimum Gasteiger partial charge on any atom is -0.360 e. The highest BCUT2D eigenvalue weighted by atomic mass is 32.2. The van der Waals surface area contributed by atoms with Crippen LogP contribution in [0.2, 0.25) is 0 Å². The van der Waals surface area contributed by atoms with Crippen molar-refractivity contribution in [3.05, 3.63) is 58.6 Å². The molecule has 0 aromatic heterocycles. The number of nitrogens with zero attached hydrogens (tertiary/aromatic N) is 3. The number of nitro benzene ring substituents is 1. The molecule has 0 amide bonds. The number of rotatable bonds is 5. The molecule has 27 heavy (non-hydrogen) atoms. The summed E-state index contributed by atoms with van der Waals surface area (Å²) < 4.78 is 27.7. The van der Waals surface area contributed by atoms with Crippen LogP contribution in [-0.2, 0) is 10.0 Å². The van der Waals surface area contributed by atoms with Crippen LogP contribution in [0.5, 0.6) is 0 Å². The molecular weight excluding hydrogens is 368 g/mol. The summed E-state index contributed by atoms with van der Waals surface area (Å²) in [6.45, 7) is 1.58. The van der Waals surface area contributed by atoms with Gasteiger partial charge in [0.15, 0.2) is 0 Å². The minimum atomic E-state index is -3.91. The number of fused-ring (bicyclic) bond motifs is 2. The molecule has 0 saturated carbocycles. The lowest BCUT2D eigenvalue weighted by Crippen LogP contribution is -2.44. The van der Waals surface area contributed by atoms with Crippen molar-refractivity contribution in [2.24, 2.45) is 0 Å². The molecule has 2 heterocycles. The molecule has 2 saturated heterocycles. The van der Waals surface area contributed by atoms with E-state index in [2.05, 4.69) is 16.7 Å². The van der Waals surface area contributed by atoms with Crippen LogP contribution in [0.15, 0.2) is 53.4 Å². The van der Waals surface area contributed by atoms with Crippen molar-refractivity contribution in [3.8, 4) is 0 Å². The fourth-order valence-corrected chi connectivity index (χ4v) is 5.02. The molecule has 4 rings (SSSR count). The summed E-state index contributed by atoms with van der Waals surface area (Å²) >= 11 is 0. The average Bonchev–Trinajstić information content (AvgIpc) is 3.21. The Hall–Kier alpha value is -2.65. The zero-order valence-corrected chi connectivity index (χ0v) is 15.6. The molecule has 0 spiro atoms. The topological polar surface area (TPSA) is 95.8 Å². The predicted molar refractivity (Wildman–Crippen MR) is 103 cm³/mol. The maximum absolute atomic E-state index is 12.6. The highest BCUT2D eigenvalue weighted by Gasteiger charge is 2.43. The summed E-state index contributed by atoms with van der Waals surface area (Å²) in [5.41, 5.74) is 0.713. The first-order chi connectivity index (χ1) is 12.8. The molecule has 0 aliphatic carbocycles. The SMILES string of the molecule is CN1CC2CC1CN2c1ccc(S(=O)(=O)Nc2ccccc2)cc1[N+](=O)[O-]. The molecule has 142 valence electrons. The number of benzene rings is 2. The Morgan fingerprint density at radius 3 is 2.44 bits per heavy atom. The summed E-state index contributed by atoms with van der Waals surface area (Å²) in [6.07, 6.45) is 0.975. The van der Waals surface area contributed by atoms with Gasteiger partial charge in [-0.3, -0.25) is 19.7 Å². The maximum atomic E-state index is 12.6. The number of piperazine rings is 1. The van der Waals surface area contributed by atoms with Gasteiger partial charge in [0, 0.05) is 36.9 Å². The van der Waals surface area contributed by atoms with Crippen LogP contribution < -0.4 is 9.62 Å². The van der Waals surface area contributed by atoms with Gasteiger partial charge in [-0.25, -0.2) is 8.42 Å². The molecule has 2 bridgehead atoms. The molecule has 2 unspecified atom stereocenters. The summed E-state index contributed by atoms with van der Waals surface area (Å²) in [6, 6.07) is 13.2. The second-order valence-electron chi connectivity index (χ2n) is 7.01. The maximum Gasteiger partial charge on any atom is 0.293 e. The quantitative estimate of drug-likeness (QED) is 0.624. The van der Waals surface area contributed by atoms with E-state index in [1.165, 1.54) is 6.07 Å². The van der Waals surface area contributed by atoms with Crippen molar-refractivity contribution >= 4 is 27.1 Å². The molecule has 0 radical (unpaired) electrons. The van der Waals surface area contributed by atoms with Gasteiger partial charge >= 0.3 is 0 Å². The normalized spacial score (nSPS) is 22.2. The molecule has 2 aromatic rings. The smallest absolute Gasteiger partial charge is 0.293 e. The lowest BCUT2D eigenvalue weighted by Gasteiger charge is -2.33. The van der Waals surface area contributed by atoms with Gasteiger partial charge in [0.2, 0.25) is 0 Å². The first-order valence-electron chi connectivity index (χ1n) is 8.68. The van der Waals surface area contributed by atoms with Crippen LogP contribution in [0.3, 0.4) is 0 Å². The lowest BCUT2D eigenvalue weighted by molar-refractivity contribution is -0.384. The third-order valence-electron chi connectivity index (χ3n) is 5.30. The van der Waals surface area contributed by atoms with Crippen molar-refractivity contribution in [2.75, 3.05) is 29.8 Å². The Bertz CT molecular complexity index is 978. The van der Waals surface area contributed by atoms with Gasteiger partial charge in [-0.1, -0.05) is 18.2 Å². The summed E-state index contributed by atoms with van der Waals surface area (Å²) in [5.74, 6) is 0. The highest BCUT2D eigenvalue weighted by molar-refractivity contribution is 7.92. The molecule has 8 nitrogen and oxygen atoms in total. The number of nitro groups is 1. The highest BCUT2D eigenvalue weighted by Crippen LogP contribution is 2.39. The van der Waals surface area contributed by atoms with Crippen LogP contribution in [-0.4, -0.2) is 50.5 Å². The van der Waals surface area contributed by atoms with Gasteiger partial charge < -0.3 is 4.90 Å². The third-order valence-corrected chi connectivity index (χ3v) is 6.68. The van der Waals surface area contributed by atoms with E-state index in [1.807, 2.05) is 4.90 Å². The monoisotopic (exact) mass is 388 g/mol. The Balaban J connectivity index is 1.66. The first-order valence-corrected chi connectivity index (χ1v) is 10.2. The fourth-order valence-electron chi connectivity index (χ4n) is 3.94. The number of para-hydroxylation sites is 1. The van der Waals surface area contributed by atoms with E-state index in [0.29, 0.717) is 17.4 Å². The van der Waals surface area contributed by atoms with Gasteiger partial charge in [0.25, 0.3) is 15.7 Å². The molecule has 2 aromatic carbocycles. The van der Waals surface area contributed by atoms with Gasteiger partial charge in [-0.2, -0.15) is 0 Å². The van der Waals surface area contributed by atoms with Crippen molar-refractivity contribution in [1.29, 1.82) is 0 Å². The van der Waals surface area contributed by atoms with E-state index >= 15 is 0 Å². The number of hydrogen-bond donors (Lipinski definition) is 1. The van der Waals surface area contributed by atoms with Crippen LogP contribution >= 0.6 is 0 Å². The number of sulfonamides is 1. The number of likely N-dealkylation sites (N-methyl/N-ethyl adjacent to an activating group) is 1. The zero-order valence-electron chi connectivity index (χ0n) is 14.8. The van der Waals surface area contributed by atoms with Crippen LogP contribution in [0, 0.1) is 10.1 Å². The zero-order chi connectivity index (χ0) is 19.2. The Morgan fingerprint density at radius 1 is 1.11 bits per heavy atom. The molecule has 2 aliphatic heterocycles. The van der Waals surface area contributed by atoms with Gasteiger partial charge in [0.1, 0.15) is 5.69 Å². The van der Waals surface area contributed by atoms with Gasteiger partial charge in [-0.05, 0) is 37.7 Å². The van der Waals surface area contributed by atoms with Gasteiger partial charge in [-0.15, -0.1) is 0 Å². The molecule has 2 atom stereocenters. The minimum absolute atomic E-state index is 0.122. The summed E-state index contributed by atoms with van der Waals surface area (Å²) in [4.78, 5) is 15.3. The summed E-state index contributed by atoms with van der Waals surface area (Å²) in [5, 5.41) is 11.6. The van der Waals surface area contributed by atoms with Crippen LogP contribution in [0.25, 0.3) is 0 Å². The summed E-state index contributed by atoms with van der Waals surface area (Å²) in [7, 11) is -1.85. The number of anilines is 2. The average molecular weight is 388 g/mol. The second-order valence-corrected chi connectivity index (χ2v) is 8.70. The standard InChI is InChI=1S/C18H20N4O4S/c1-20-11-15-9-14(20)12-21(15)17-8-7-16(10-18(17)22(23)24)27(25,26)19-13-5-3-2-4-6-13/h2-8,10,14-15,19H,9,11-12H2,1H3. The molecule has 2 fully saturated rings. The largest absolute Gasteiger partial charge is 0.360 e. The van der Waals surface area contributed by atoms with Gasteiger partial charge in [0.05, 0.1) is 9.82 Å². The number of hydrogen-bond acceptors (Lipinski definition) is 6. The fraction of sp³-hybridized carbons (Fsp3) is 0.333. The second kappa shape index (κ2) is 6.50. The lowest BCUT2D eigenvalue weighted by atomic mass is 10.2. The number of nitrogens with one attached hydrogen (secondary N) is 1. The van der Waals surface area contributed by atoms with E-state index in [1.54, 1.807) is 36.4 Å². The van der Waals surface area contributed by atoms with Crippen LogP contribution in [0.4, 0.5) is 17.1 Å².